The fourth-order valence-corrected chi connectivity index (χ4v) is 1.64. The molecule has 1 amide bonds. The number of ketones is 1. The second kappa shape index (κ2) is 6.89. The highest BCUT2D eigenvalue weighted by Gasteiger charge is 2.23. The first kappa shape index (κ1) is 15.2. The Hall–Kier alpha value is -1.88. The number of nitrogens with two attached hydrogens (primary N) is 1. The minimum atomic E-state index is -0.655. The molecule has 1 atom stereocenters. The van der Waals surface area contributed by atoms with E-state index < -0.39 is 6.10 Å². The van der Waals surface area contributed by atoms with Crippen LogP contribution in [0.4, 0.5) is 0 Å². The van der Waals surface area contributed by atoms with Gasteiger partial charge in [-0.1, -0.05) is 20.8 Å². The molecule has 0 radical (unpaired) electrons. The van der Waals surface area contributed by atoms with Crippen LogP contribution >= 0.6 is 0 Å². The van der Waals surface area contributed by atoms with Crippen molar-refractivity contribution in [2.45, 2.75) is 33.3 Å². The van der Waals surface area contributed by atoms with Crippen molar-refractivity contribution in [2.24, 2.45) is 11.8 Å². The average molecular weight is 264 g/mol. The SMILES string of the molecule is CCC(=O)c1ccc(OC(C(=O)NN)C(C)C)cc1. The zero-order valence-electron chi connectivity index (χ0n) is 11.5. The Morgan fingerprint density at radius 2 is 1.84 bits per heavy atom. The number of amides is 1. The van der Waals surface area contributed by atoms with Crippen LogP contribution in [0, 0.1) is 5.92 Å². The van der Waals surface area contributed by atoms with E-state index in [1.54, 1.807) is 24.3 Å². The summed E-state index contributed by atoms with van der Waals surface area (Å²) in [7, 11) is 0. The van der Waals surface area contributed by atoms with Crippen molar-refractivity contribution in [3.8, 4) is 5.75 Å². The van der Waals surface area contributed by atoms with Gasteiger partial charge in [-0.25, -0.2) is 5.84 Å². The first-order chi connectivity index (χ1) is 8.99. The molecule has 1 rings (SSSR count). The molecular weight excluding hydrogens is 244 g/mol. The van der Waals surface area contributed by atoms with Crippen LogP contribution in [0.25, 0.3) is 0 Å². The van der Waals surface area contributed by atoms with Crippen molar-refractivity contribution >= 4 is 11.7 Å². The lowest BCUT2D eigenvalue weighted by Crippen LogP contribution is -2.44. The molecule has 0 saturated heterocycles. The summed E-state index contributed by atoms with van der Waals surface area (Å²) in [6.07, 6.45) is -0.192. The molecule has 5 nitrogen and oxygen atoms in total. The van der Waals surface area contributed by atoms with Gasteiger partial charge in [0.05, 0.1) is 0 Å². The number of Topliss-reactive ketones (excluding diaryl/α,β-unsaturated/α-hetero) is 1. The van der Waals surface area contributed by atoms with Gasteiger partial charge in [0, 0.05) is 12.0 Å². The van der Waals surface area contributed by atoms with Gasteiger partial charge in [0.1, 0.15) is 5.75 Å². The highest BCUT2D eigenvalue weighted by atomic mass is 16.5. The summed E-state index contributed by atoms with van der Waals surface area (Å²) in [5.41, 5.74) is 2.73. The fraction of sp³-hybridized carbons (Fsp3) is 0.429. The molecule has 0 aliphatic rings. The van der Waals surface area contributed by atoms with Gasteiger partial charge < -0.3 is 4.74 Å². The van der Waals surface area contributed by atoms with Crippen LogP contribution in [0.3, 0.4) is 0 Å². The zero-order chi connectivity index (χ0) is 14.4. The van der Waals surface area contributed by atoms with Crippen molar-refractivity contribution in [1.82, 2.24) is 5.43 Å². The first-order valence-corrected chi connectivity index (χ1v) is 6.30. The monoisotopic (exact) mass is 264 g/mol. The van der Waals surface area contributed by atoms with Crippen LogP contribution in [-0.2, 0) is 4.79 Å². The number of nitrogens with one attached hydrogen (secondary N) is 1. The number of hydrogen-bond acceptors (Lipinski definition) is 4. The van der Waals surface area contributed by atoms with Crippen LogP contribution in [0.15, 0.2) is 24.3 Å². The van der Waals surface area contributed by atoms with Gasteiger partial charge in [0.2, 0.25) is 0 Å². The number of carbonyl (C=O) groups is 2. The highest BCUT2D eigenvalue weighted by molar-refractivity contribution is 5.95. The largest absolute Gasteiger partial charge is 0.480 e. The Labute approximate surface area is 113 Å². The van der Waals surface area contributed by atoms with Crippen molar-refractivity contribution in [2.75, 3.05) is 0 Å². The summed E-state index contributed by atoms with van der Waals surface area (Å²) in [5.74, 6) is 5.35. The van der Waals surface area contributed by atoms with Crippen molar-refractivity contribution < 1.29 is 14.3 Å². The predicted octanol–water partition coefficient (Wildman–Crippen LogP) is 1.67. The smallest absolute Gasteiger partial charge is 0.275 e. The third-order valence-electron chi connectivity index (χ3n) is 2.77. The summed E-state index contributed by atoms with van der Waals surface area (Å²) in [5, 5.41) is 0. The molecule has 1 unspecified atom stereocenters. The van der Waals surface area contributed by atoms with E-state index in [1.807, 2.05) is 20.8 Å². The second-order valence-electron chi connectivity index (χ2n) is 4.59. The van der Waals surface area contributed by atoms with E-state index in [0.717, 1.165) is 0 Å². The van der Waals surface area contributed by atoms with Crippen LogP contribution in [0.5, 0.6) is 5.75 Å². The number of hydrazine groups is 1. The molecule has 104 valence electrons. The Morgan fingerprint density at radius 1 is 1.26 bits per heavy atom. The molecule has 0 aromatic heterocycles. The van der Waals surface area contributed by atoms with Gasteiger partial charge in [0.15, 0.2) is 11.9 Å². The van der Waals surface area contributed by atoms with Crippen molar-refractivity contribution in [1.29, 1.82) is 0 Å². The standard InChI is InChI=1S/C14H20N2O3/c1-4-12(17)10-5-7-11(8-6-10)19-13(9(2)3)14(18)16-15/h5-9,13H,4,15H2,1-3H3,(H,16,18). The molecule has 0 aliphatic carbocycles. The predicted molar refractivity (Wildman–Crippen MR) is 72.6 cm³/mol. The number of ether oxygens (including phenoxy) is 1. The lowest BCUT2D eigenvalue weighted by atomic mass is 10.1. The minimum absolute atomic E-state index is 0.0134. The molecule has 1 aromatic carbocycles. The number of hydrogen-bond donors (Lipinski definition) is 2. The molecular formula is C14H20N2O3. The summed E-state index contributed by atoms with van der Waals surface area (Å²) >= 11 is 0. The van der Waals surface area contributed by atoms with E-state index in [1.165, 1.54) is 0 Å². The topological polar surface area (TPSA) is 81.4 Å². The van der Waals surface area contributed by atoms with Gasteiger partial charge >= 0.3 is 0 Å². The van der Waals surface area contributed by atoms with Crippen LogP contribution < -0.4 is 16.0 Å². The number of rotatable bonds is 6. The summed E-state index contributed by atoms with van der Waals surface area (Å²) < 4.78 is 5.59. The Bertz CT molecular complexity index is 441. The quantitative estimate of drug-likeness (QED) is 0.354. The van der Waals surface area contributed by atoms with Gasteiger partial charge in [-0.3, -0.25) is 15.0 Å². The van der Waals surface area contributed by atoms with E-state index >= 15 is 0 Å². The maximum Gasteiger partial charge on any atom is 0.275 e. The molecule has 0 heterocycles. The zero-order valence-corrected chi connectivity index (χ0v) is 11.5. The minimum Gasteiger partial charge on any atom is -0.480 e. The highest BCUT2D eigenvalue weighted by Crippen LogP contribution is 2.17. The van der Waals surface area contributed by atoms with E-state index in [-0.39, 0.29) is 17.6 Å². The van der Waals surface area contributed by atoms with Crippen molar-refractivity contribution in [3.05, 3.63) is 29.8 Å². The van der Waals surface area contributed by atoms with E-state index in [9.17, 15) is 9.59 Å². The molecule has 0 bridgehead atoms. The molecule has 0 spiro atoms. The van der Waals surface area contributed by atoms with Crippen LogP contribution in [0.1, 0.15) is 37.6 Å². The molecule has 5 heteroatoms. The number of carbonyl (C=O) groups excluding carboxylic acids is 2. The van der Waals surface area contributed by atoms with Gasteiger partial charge in [-0.05, 0) is 30.2 Å². The Morgan fingerprint density at radius 3 is 2.26 bits per heavy atom. The fourth-order valence-electron chi connectivity index (χ4n) is 1.64. The van der Waals surface area contributed by atoms with Crippen LogP contribution in [-0.4, -0.2) is 17.8 Å². The molecule has 0 fully saturated rings. The average Bonchev–Trinajstić information content (AvgIpc) is 2.43. The molecule has 1 aromatic rings. The molecule has 0 aliphatic heterocycles. The molecule has 3 N–H and O–H groups in total. The van der Waals surface area contributed by atoms with Gasteiger partial charge in [-0.15, -0.1) is 0 Å². The van der Waals surface area contributed by atoms with E-state index in [4.69, 9.17) is 10.6 Å². The normalized spacial score (nSPS) is 12.1. The third kappa shape index (κ3) is 4.06. The van der Waals surface area contributed by atoms with Crippen molar-refractivity contribution in [3.63, 3.8) is 0 Å². The Kier molecular flexibility index (Phi) is 5.51. The Balaban J connectivity index is 2.81. The number of benzene rings is 1. The molecule has 0 saturated carbocycles. The maximum atomic E-state index is 11.6. The van der Waals surface area contributed by atoms with Gasteiger partial charge in [0.25, 0.3) is 5.91 Å². The maximum absolute atomic E-state index is 11.6. The first-order valence-electron chi connectivity index (χ1n) is 6.30. The summed E-state index contributed by atoms with van der Waals surface area (Å²) in [6.45, 7) is 5.55. The van der Waals surface area contributed by atoms with E-state index in [0.29, 0.717) is 17.7 Å². The lowest BCUT2D eigenvalue weighted by Gasteiger charge is -2.20. The van der Waals surface area contributed by atoms with Gasteiger partial charge in [-0.2, -0.15) is 0 Å². The second-order valence-corrected chi connectivity index (χ2v) is 4.59. The summed E-state index contributed by atoms with van der Waals surface area (Å²) in [4.78, 5) is 23.1. The lowest BCUT2D eigenvalue weighted by molar-refractivity contribution is -0.129. The third-order valence-corrected chi connectivity index (χ3v) is 2.77. The van der Waals surface area contributed by atoms with E-state index in [2.05, 4.69) is 5.43 Å². The van der Waals surface area contributed by atoms with Crippen LogP contribution in [0.2, 0.25) is 0 Å². The summed E-state index contributed by atoms with van der Waals surface area (Å²) in [6, 6.07) is 6.75. The molecule has 19 heavy (non-hydrogen) atoms.